The second-order valence-corrected chi connectivity index (χ2v) is 8.41. The van der Waals surface area contributed by atoms with Gasteiger partial charge in [0.15, 0.2) is 0 Å². The molecule has 8 heteroatoms. The van der Waals surface area contributed by atoms with Crippen LogP contribution in [0.3, 0.4) is 0 Å². The lowest BCUT2D eigenvalue weighted by Crippen LogP contribution is -2.37. The highest BCUT2D eigenvalue weighted by molar-refractivity contribution is 6.42. The molecule has 4 aromatic rings. The Morgan fingerprint density at radius 1 is 0.857 bits per heavy atom. The summed E-state index contributed by atoms with van der Waals surface area (Å²) in [5.41, 5.74) is 4.83. The minimum absolute atomic E-state index is 0.223. The van der Waals surface area contributed by atoms with Crippen molar-refractivity contribution in [2.24, 2.45) is 5.10 Å². The van der Waals surface area contributed by atoms with E-state index in [4.69, 9.17) is 27.6 Å². The molecule has 6 nitrogen and oxygen atoms in total. The molecule has 0 unspecified atom stereocenters. The van der Waals surface area contributed by atoms with Crippen LogP contribution in [0.2, 0.25) is 10.0 Å². The normalized spacial score (nSPS) is 11.1. The molecule has 3 aromatic carbocycles. The fourth-order valence-corrected chi connectivity index (χ4v) is 3.79. The van der Waals surface area contributed by atoms with Gasteiger partial charge in [-0.2, -0.15) is 5.10 Å². The number of halogens is 2. The van der Waals surface area contributed by atoms with Crippen LogP contribution in [-0.2, 0) is 9.59 Å². The van der Waals surface area contributed by atoms with Gasteiger partial charge in [0.05, 0.1) is 28.7 Å². The Hall–Kier alpha value is -3.87. The van der Waals surface area contributed by atoms with E-state index in [-0.39, 0.29) is 12.5 Å². The minimum Gasteiger partial charge on any atom is -0.455 e. The van der Waals surface area contributed by atoms with Gasteiger partial charge in [0.25, 0.3) is 5.91 Å². The van der Waals surface area contributed by atoms with E-state index in [9.17, 15) is 9.59 Å². The number of hydrogen-bond donors (Lipinski definition) is 2. The zero-order valence-corrected chi connectivity index (χ0v) is 20.0. The number of hydrazone groups is 1. The molecular weight excluding hydrogens is 485 g/mol. The zero-order chi connectivity index (χ0) is 24.6. The summed E-state index contributed by atoms with van der Waals surface area (Å²) in [6.07, 6.45) is 1.37. The molecule has 0 aliphatic carbocycles. The maximum absolute atomic E-state index is 13.0. The molecule has 2 amide bonds. The second kappa shape index (κ2) is 11.5. The summed E-state index contributed by atoms with van der Waals surface area (Å²) in [5.74, 6) is -0.263. The summed E-state index contributed by atoms with van der Waals surface area (Å²) >= 11 is 12.0. The molecule has 0 atom stereocenters. The molecule has 2 N–H and O–H groups in total. The van der Waals surface area contributed by atoms with E-state index in [1.165, 1.54) is 6.21 Å². The molecule has 35 heavy (non-hydrogen) atoms. The van der Waals surface area contributed by atoms with E-state index >= 15 is 0 Å². The first-order valence-corrected chi connectivity index (χ1v) is 11.5. The van der Waals surface area contributed by atoms with E-state index in [2.05, 4.69) is 15.8 Å². The van der Waals surface area contributed by atoms with Gasteiger partial charge < -0.3 is 9.73 Å². The number of nitrogens with one attached hydrogen (secondary N) is 2. The monoisotopic (exact) mass is 505 g/mol. The van der Waals surface area contributed by atoms with Gasteiger partial charge in [-0.15, -0.1) is 0 Å². The van der Waals surface area contributed by atoms with E-state index < -0.39 is 11.8 Å². The Balaban J connectivity index is 1.33. The molecule has 1 aromatic heterocycles. The predicted molar refractivity (Wildman–Crippen MR) is 138 cm³/mol. The Bertz CT molecular complexity index is 1300. The van der Waals surface area contributed by atoms with Crippen LogP contribution in [0.5, 0.6) is 0 Å². The molecule has 0 saturated heterocycles. The molecule has 0 aliphatic heterocycles. The first kappa shape index (κ1) is 24.3. The third-order valence-corrected chi connectivity index (χ3v) is 5.90. The van der Waals surface area contributed by atoms with E-state index in [0.29, 0.717) is 21.6 Å². The fourth-order valence-electron chi connectivity index (χ4n) is 3.49. The third kappa shape index (κ3) is 6.38. The van der Waals surface area contributed by atoms with Crippen LogP contribution < -0.4 is 10.7 Å². The molecule has 0 radical (unpaired) electrons. The number of carbonyl (C=O) groups excluding carboxylic acids is 2. The number of rotatable bonds is 8. The molecule has 0 aliphatic rings. The van der Waals surface area contributed by atoms with Gasteiger partial charge in [-0.25, -0.2) is 5.43 Å². The van der Waals surface area contributed by atoms with Crippen LogP contribution in [0.4, 0.5) is 0 Å². The summed E-state index contributed by atoms with van der Waals surface area (Å²) in [4.78, 5) is 25.2. The Labute approximate surface area is 212 Å². The third-order valence-electron chi connectivity index (χ3n) is 5.16. The maximum atomic E-state index is 13.0. The van der Waals surface area contributed by atoms with Gasteiger partial charge in [-0.3, -0.25) is 9.59 Å². The molecule has 0 fully saturated rings. The minimum atomic E-state index is -0.531. The number of furan rings is 1. The van der Waals surface area contributed by atoms with Crippen LogP contribution in [0, 0.1) is 0 Å². The van der Waals surface area contributed by atoms with Crippen molar-refractivity contribution in [1.82, 2.24) is 10.7 Å². The number of hydrogen-bond acceptors (Lipinski definition) is 4. The Morgan fingerprint density at radius 2 is 1.51 bits per heavy atom. The van der Waals surface area contributed by atoms with Crippen molar-refractivity contribution in [3.8, 4) is 11.3 Å². The number of amides is 2. The zero-order valence-electron chi connectivity index (χ0n) is 18.4. The number of nitrogens with zero attached hydrogens (tertiary/aromatic N) is 1. The highest BCUT2D eigenvalue weighted by Gasteiger charge is 2.22. The second-order valence-electron chi connectivity index (χ2n) is 7.60. The highest BCUT2D eigenvalue weighted by atomic mass is 35.5. The van der Waals surface area contributed by atoms with Gasteiger partial charge in [0.1, 0.15) is 11.5 Å². The largest absolute Gasteiger partial charge is 0.455 e. The first-order chi connectivity index (χ1) is 17.0. The van der Waals surface area contributed by atoms with Gasteiger partial charge in [0.2, 0.25) is 5.91 Å². The lowest BCUT2D eigenvalue weighted by Gasteiger charge is -2.17. The summed E-state index contributed by atoms with van der Waals surface area (Å²) in [7, 11) is 0. The van der Waals surface area contributed by atoms with Gasteiger partial charge in [0, 0.05) is 5.56 Å². The van der Waals surface area contributed by atoms with Gasteiger partial charge >= 0.3 is 0 Å². The smallest absolute Gasteiger partial charge is 0.259 e. The maximum Gasteiger partial charge on any atom is 0.259 e. The van der Waals surface area contributed by atoms with Crippen molar-refractivity contribution >= 4 is 41.2 Å². The summed E-state index contributed by atoms with van der Waals surface area (Å²) in [5, 5.41) is 7.47. The average Bonchev–Trinajstić information content (AvgIpc) is 3.35. The lowest BCUT2D eigenvalue weighted by atomic mass is 9.90. The van der Waals surface area contributed by atoms with E-state index in [1.807, 2.05) is 60.7 Å². The van der Waals surface area contributed by atoms with Crippen molar-refractivity contribution in [2.75, 3.05) is 6.54 Å². The summed E-state index contributed by atoms with van der Waals surface area (Å²) in [6.45, 7) is -0.223. The average molecular weight is 506 g/mol. The summed E-state index contributed by atoms with van der Waals surface area (Å²) < 4.78 is 5.70. The highest BCUT2D eigenvalue weighted by Crippen LogP contribution is 2.29. The van der Waals surface area contributed by atoms with Crippen molar-refractivity contribution in [3.05, 3.63) is 118 Å². The quantitative estimate of drug-likeness (QED) is 0.239. The van der Waals surface area contributed by atoms with E-state index in [1.54, 1.807) is 30.3 Å². The van der Waals surface area contributed by atoms with Crippen LogP contribution in [0.25, 0.3) is 11.3 Å². The lowest BCUT2D eigenvalue weighted by molar-refractivity contribution is -0.126. The Morgan fingerprint density at radius 3 is 2.14 bits per heavy atom. The first-order valence-electron chi connectivity index (χ1n) is 10.8. The van der Waals surface area contributed by atoms with Gasteiger partial charge in [-0.05, 0) is 41.5 Å². The van der Waals surface area contributed by atoms with Crippen LogP contribution in [0.1, 0.15) is 22.8 Å². The summed E-state index contributed by atoms with van der Waals surface area (Å²) in [6, 6.07) is 27.5. The standard InChI is InChI=1S/C27H21Cl2N3O3/c28-22-13-11-20(15-23(22)29)24-14-12-21(35-24)16-31-32-25(33)17-30-27(34)26(18-7-3-1-4-8-18)19-9-5-2-6-10-19/h1-16,26H,17H2,(H,30,34)(H,32,33)/b31-16-. The van der Waals surface area contributed by atoms with Crippen molar-refractivity contribution in [3.63, 3.8) is 0 Å². The SMILES string of the molecule is O=C(CNC(=O)C(c1ccccc1)c1ccccc1)N/N=C\c1ccc(-c2ccc(Cl)c(Cl)c2)o1. The number of carbonyl (C=O) groups is 2. The van der Waals surface area contributed by atoms with Crippen LogP contribution in [-0.4, -0.2) is 24.6 Å². The molecule has 4 rings (SSSR count). The molecule has 0 saturated carbocycles. The Kier molecular flexibility index (Phi) is 7.98. The van der Waals surface area contributed by atoms with Crippen LogP contribution in [0.15, 0.2) is 101 Å². The molecular formula is C27H21Cl2N3O3. The molecule has 0 bridgehead atoms. The van der Waals surface area contributed by atoms with Gasteiger partial charge in [-0.1, -0.05) is 83.9 Å². The fraction of sp³-hybridized carbons (Fsp3) is 0.0741. The topological polar surface area (TPSA) is 83.7 Å². The van der Waals surface area contributed by atoms with Crippen LogP contribution >= 0.6 is 23.2 Å². The molecule has 1 heterocycles. The van der Waals surface area contributed by atoms with E-state index in [0.717, 1.165) is 16.7 Å². The predicted octanol–water partition coefficient (Wildman–Crippen LogP) is 5.65. The molecule has 176 valence electrons. The number of benzene rings is 3. The molecule has 0 spiro atoms. The van der Waals surface area contributed by atoms with Crippen molar-refractivity contribution < 1.29 is 14.0 Å². The van der Waals surface area contributed by atoms with Crippen molar-refractivity contribution in [2.45, 2.75) is 5.92 Å². The van der Waals surface area contributed by atoms with Crippen molar-refractivity contribution in [1.29, 1.82) is 0 Å².